The van der Waals surface area contributed by atoms with Crippen LogP contribution in [0, 0.1) is 6.07 Å². The first-order valence-corrected chi connectivity index (χ1v) is 3.57. The van der Waals surface area contributed by atoms with Crippen molar-refractivity contribution < 1.29 is 21.7 Å². The van der Waals surface area contributed by atoms with Crippen LogP contribution in [0.1, 0.15) is 5.56 Å². The Morgan fingerprint density at radius 1 is 1.38 bits per heavy atom. The van der Waals surface area contributed by atoms with E-state index in [1.165, 1.54) is 5.56 Å². The Hall–Kier alpha value is 0.166. The molecule has 1 aromatic rings. The van der Waals surface area contributed by atoms with Crippen molar-refractivity contribution in [2.75, 3.05) is 6.61 Å². The Labute approximate surface area is 106 Å². The minimum atomic E-state index is 0. The van der Waals surface area contributed by atoms with Gasteiger partial charge in [-0.05, 0) is 0 Å². The zero-order valence-electron chi connectivity index (χ0n) is 7.50. The van der Waals surface area contributed by atoms with Crippen LogP contribution in [0.3, 0.4) is 0 Å². The van der Waals surface area contributed by atoms with Crippen LogP contribution in [0.2, 0.25) is 0 Å². The molecule has 0 saturated heterocycles. The molecule has 66 valence electrons. The number of hydrogen-bond acceptors (Lipinski definition) is 1. The molecule has 0 N–H and O–H groups in total. The molecular weight excluding hydrogens is 240 g/mol. The fourth-order valence-corrected chi connectivity index (χ4v) is 0.778. The Bertz CT molecular complexity index is 213. The zero-order valence-corrected chi connectivity index (χ0v) is 10.5. The molecule has 0 amide bonds. The van der Waals surface area contributed by atoms with E-state index in [-0.39, 0.29) is 40.0 Å². The van der Waals surface area contributed by atoms with Crippen molar-refractivity contribution >= 4 is 23.1 Å². The Balaban J connectivity index is 0. The molecule has 0 spiro atoms. The molecule has 1 aromatic carbocycles. The van der Waals surface area contributed by atoms with Crippen LogP contribution in [0.5, 0.6) is 0 Å². The number of halogens is 1. The van der Waals surface area contributed by atoms with Crippen molar-refractivity contribution in [3.05, 3.63) is 48.6 Å². The van der Waals surface area contributed by atoms with E-state index in [0.29, 0.717) is 13.2 Å². The second kappa shape index (κ2) is 10.2. The molecule has 1 rings (SSSR count). The predicted octanol–water partition coefficient (Wildman–Crippen LogP) is -1.19. The molecule has 0 aromatic heterocycles. The SMILES string of the molecule is C=CCOCc1cc[c-]cc1.[Br-].[Mg+2]. The van der Waals surface area contributed by atoms with Gasteiger partial charge in [0.15, 0.2) is 0 Å². The minimum Gasteiger partial charge on any atom is -1.00 e. The molecular formula is C10H11BrMgO. The Kier molecular flexibility index (Phi) is 12.3. The van der Waals surface area contributed by atoms with Gasteiger partial charge in [0, 0.05) is 0 Å². The quantitative estimate of drug-likeness (QED) is 0.283. The van der Waals surface area contributed by atoms with E-state index in [9.17, 15) is 0 Å². The summed E-state index contributed by atoms with van der Waals surface area (Å²) in [5, 5.41) is 0. The van der Waals surface area contributed by atoms with Crippen molar-refractivity contribution in [2.45, 2.75) is 6.61 Å². The van der Waals surface area contributed by atoms with Gasteiger partial charge < -0.3 is 21.7 Å². The molecule has 0 bridgehead atoms. The maximum absolute atomic E-state index is 5.24. The van der Waals surface area contributed by atoms with Crippen LogP contribution in [0.25, 0.3) is 0 Å². The van der Waals surface area contributed by atoms with Crippen LogP contribution in [-0.4, -0.2) is 29.7 Å². The average molecular weight is 251 g/mol. The van der Waals surface area contributed by atoms with E-state index in [0.717, 1.165) is 0 Å². The zero-order chi connectivity index (χ0) is 7.94. The molecule has 3 heteroatoms. The van der Waals surface area contributed by atoms with Gasteiger partial charge in [-0.2, -0.15) is 30.3 Å². The smallest absolute Gasteiger partial charge is 1.00 e. The van der Waals surface area contributed by atoms with E-state index in [1.807, 2.05) is 24.3 Å². The van der Waals surface area contributed by atoms with Gasteiger partial charge in [-0.25, -0.2) is 0 Å². The van der Waals surface area contributed by atoms with Gasteiger partial charge >= 0.3 is 23.1 Å². The van der Waals surface area contributed by atoms with Crippen LogP contribution < -0.4 is 17.0 Å². The number of hydrogen-bond donors (Lipinski definition) is 0. The van der Waals surface area contributed by atoms with Gasteiger partial charge in [0.1, 0.15) is 0 Å². The van der Waals surface area contributed by atoms with E-state index < -0.39 is 0 Å². The second-order valence-electron chi connectivity index (χ2n) is 2.21. The van der Waals surface area contributed by atoms with Gasteiger partial charge in [-0.15, -0.1) is 12.1 Å². The molecule has 0 radical (unpaired) electrons. The molecule has 0 fully saturated rings. The fraction of sp³-hybridized carbons (Fsp3) is 0.200. The number of benzene rings is 1. The standard InChI is InChI=1S/C10H11O.BrH.Mg/c1-2-8-11-9-10-6-4-3-5-7-10;;/h2,4-7H,1,8-9H2;1H;/q-1;;+2/p-1. The van der Waals surface area contributed by atoms with Gasteiger partial charge in [0.2, 0.25) is 0 Å². The normalized spacial score (nSPS) is 8.00. The summed E-state index contributed by atoms with van der Waals surface area (Å²) < 4.78 is 5.24. The number of ether oxygens (including phenoxy) is 1. The van der Waals surface area contributed by atoms with Crippen LogP contribution in [-0.2, 0) is 11.3 Å². The summed E-state index contributed by atoms with van der Waals surface area (Å²) in [6.07, 6.45) is 1.75. The second-order valence-corrected chi connectivity index (χ2v) is 2.21. The molecule has 0 atom stereocenters. The van der Waals surface area contributed by atoms with Gasteiger partial charge in [0.05, 0.1) is 13.2 Å². The summed E-state index contributed by atoms with van der Waals surface area (Å²) in [6.45, 7) is 4.82. The van der Waals surface area contributed by atoms with Crippen molar-refractivity contribution in [1.82, 2.24) is 0 Å². The fourth-order valence-electron chi connectivity index (χ4n) is 0.778. The van der Waals surface area contributed by atoms with E-state index >= 15 is 0 Å². The first-order chi connectivity index (χ1) is 5.43. The molecule has 0 aliphatic heterocycles. The third-order valence-corrected chi connectivity index (χ3v) is 1.29. The summed E-state index contributed by atoms with van der Waals surface area (Å²) in [7, 11) is 0. The van der Waals surface area contributed by atoms with Crippen LogP contribution in [0.4, 0.5) is 0 Å². The summed E-state index contributed by atoms with van der Waals surface area (Å²) in [5.74, 6) is 0. The van der Waals surface area contributed by atoms with Crippen LogP contribution >= 0.6 is 0 Å². The first-order valence-electron chi connectivity index (χ1n) is 3.57. The molecule has 13 heavy (non-hydrogen) atoms. The van der Waals surface area contributed by atoms with Crippen molar-refractivity contribution in [1.29, 1.82) is 0 Å². The van der Waals surface area contributed by atoms with E-state index in [2.05, 4.69) is 12.6 Å². The monoisotopic (exact) mass is 250 g/mol. The summed E-state index contributed by atoms with van der Waals surface area (Å²) in [5.41, 5.74) is 1.17. The predicted molar refractivity (Wildman–Crippen MR) is 50.9 cm³/mol. The molecule has 1 nitrogen and oxygen atoms in total. The topological polar surface area (TPSA) is 9.23 Å². The van der Waals surface area contributed by atoms with Gasteiger partial charge in [0.25, 0.3) is 0 Å². The van der Waals surface area contributed by atoms with Gasteiger partial charge in [-0.3, -0.25) is 0 Å². The maximum Gasteiger partial charge on any atom is 2.00 e. The largest absolute Gasteiger partial charge is 2.00 e. The number of rotatable bonds is 4. The summed E-state index contributed by atoms with van der Waals surface area (Å²) in [6, 6.07) is 10.7. The maximum atomic E-state index is 5.24. The van der Waals surface area contributed by atoms with Crippen molar-refractivity contribution in [3.8, 4) is 0 Å². The van der Waals surface area contributed by atoms with Crippen molar-refractivity contribution in [3.63, 3.8) is 0 Å². The van der Waals surface area contributed by atoms with Gasteiger partial charge in [-0.1, -0.05) is 6.08 Å². The average Bonchev–Trinajstić information content (AvgIpc) is 2.07. The minimum absolute atomic E-state index is 0. The first kappa shape index (κ1) is 15.6. The van der Waals surface area contributed by atoms with E-state index in [4.69, 9.17) is 4.74 Å². The van der Waals surface area contributed by atoms with E-state index in [1.54, 1.807) is 6.08 Å². The summed E-state index contributed by atoms with van der Waals surface area (Å²) >= 11 is 0. The summed E-state index contributed by atoms with van der Waals surface area (Å²) in [4.78, 5) is 0. The third-order valence-electron chi connectivity index (χ3n) is 1.29. The van der Waals surface area contributed by atoms with Crippen LogP contribution in [0.15, 0.2) is 36.9 Å². The third kappa shape index (κ3) is 7.25. The molecule has 0 saturated carbocycles. The Morgan fingerprint density at radius 3 is 2.54 bits per heavy atom. The molecule has 0 aliphatic rings. The van der Waals surface area contributed by atoms with Crippen molar-refractivity contribution in [2.24, 2.45) is 0 Å². The Morgan fingerprint density at radius 2 is 2.00 bits per heavy atom. The molecule has 0 aliphatic carbocycles. The molecule has 0 unspecified atom stereocenters. The molecule has 0 heterocycles.